The minimum absolute atomic E-state index is 0.0257. The number of hydrogen-bond acceptors (Lipinski definition) is 6. The standard InChI is InChI=1S/C24H26Cl2FN3O4S/c1-15(7-8-28-23(31)14-33-17-4-5-18(26)19(27)12-17)29-24(32)22-13-30(9-10-35-2)20-11-16(25)3-6-21(20)34-22/h3-6,11-12,22H,1,7-10,13-14H2,2H3,(H,28,31)(H,29,32). The predicted molar refractivity (Wildman–Crippen MR) is 138 cm³/mol. The predicted octanol–water partition coefficient (Wildman–Crippen LogP) is 4.28. The van der Waals surface area contributed by atoms with Gasteiger partial charge in [-0.05, 0) is 36.6 Å². The molecule has 2 aromatic rings. The van der Waals surface area contributed by atoms with Crippen LogP contribution in [0.5, 0.6) is 11.5 Å². The molecule has 35 heavy (non-hydrogen) atoms. The van der Waals surface area contributed by atoms with E-state index < -0.39 is 17.8 Å². The van der Waals surface area contributed by atoms with Gasteiger partial charge in [-0.15, -0.1) is 0 Å². The third-order valence-corrected chi connectivity index (χ3v) is 6.22. The summed E-state index contributed by atoms with van der Waals surface area (Å²) >= 11 is 13.5. The summed E-state index contributed by atoms with van der Waals surface area (Å²) in [5, 5.41) is 6.00. The van der Waals surface area contributed by atoms with Crippen LogP contribution in [-0.2, 0) is 9.59 Å². The molecule has 1 heterocycles. The van der Waals surface area contributed by atoms with Crippen LogP contribution in [0.1, 0.15) is 6.42 Å². The highest BCUT2D eigenvalue weighted by atomic mass is 35.5. The molecular weight excluding hydrogens is 516 g/mol. The van der Waals surface area contributed by atoms with Crippen molar-refractivity contribution in [3.8, 4) is 11.5 Å². The molecule has 0 radical (unpaired) electrons. The lowest BCUT2D eigenvalue weighted by molar-refractivity contribution is -0.127. The van der Waals surface area contributed by atoms with Gasteiger partial charge in [0.05, 0.1) is 17.3 Å². The second-order valence-electron chi connectivity index (χ2n) is 7.71. The Bertz CT molecular complexity index is 1090. The number of carbonyl (C=O) groups excluding carboxylic acids is 2. The average molecular weight is 542 g/mol. The van der Waals surface area contributed by atoms with Crippen LogP contribution in [0.15, 0.2) is 48.7 Å². The summed E-state index contributed by atoms with van der Waals surface area (Å²) in [6, 6.07) is 9.24. The minimum Gasteiger partial charge on any atom is -0.484 e. The monoisotopic (exact) mass is 541 g/mol. The molecule has 2 N–H and O–H groups in total. The first kappa shape index (κ1) is 27.0. The summed E-state index contributed by atoms with van der Waals surface area (Å²) in [5.74, 6) is 0.350. The molecule has 11 heteroatoms. The van der Waals surface area contributed by atoms with Gasteiger partial charge >= 0.3 is 0 Å². The molecule has 3 rings (SSSR count). The van der Waals surface area contributed by atoms with E-state index in [-0.39, 0.29) is 29.8 Å². The van der Waals surface area contributed by atoms with Gasteiger partial charge in [0, 0.05) is 42.0 Å². The molecule has 7 nitrogen and oxygen atoms in total. The van der Waals surface area contributed by atoms with Crippen molar-refractivity contribution in [2.24, 2.45) is 0 Å². The van der Waals surface area contributed by atoms with E-state index in [9.17, 15) is 14.0 Å². The van der Waals surface area contributed by atoms with Gasteiger partial charge in [0.25, 0.3) is 11.8 Å². The Labute approximate surface area is 217 Å². The maximum absolute atomic E-state index is 13.4. The van der Waals surface area contributed by atoms with Crippen molar-refractivity contribution in [3.05, 3.63) is 64.5 Å². The third-order valence-electron chi connectivity index (χ3n) is 5.08. The molecule has 0 saturated carbocycles. The van der Waals surface area contributed by atoms with Gasteiger partial charge in [0.2, 0.25) is 0 Å². The first-order chi connectivity index (χ1) is 16.8. The van der Waals surface area contributed by atoms with Gasteiger partial charge in [-0.1, -0.05) is 29.8 Å². The van der Waals surface area contributed by atoms with Gasteiger partial charge in [-0.2, -0.15) is 11.8 Å². The number of carbonyl (C=O) groups is 2. The minimum atomic E-state index is -0.718. The molecule has 0 fully saturated rings. The number of nitrogens with zero attached hydrogens (tertiary/aromatic N) is 1. The zero-order chi connectivity index (χ0) is 25.4. The fourth-order valence-corrected chi connectivity index (χ4v) is 4.00. The van der Waals surface area contributed by atoms with Crippen molar-refractivity contribution >= 4 is 52.5 Å². The number of benzene rings is 2. The molecule has 1 unspecified atom stereocenters. The number of nitrogens with one attached hydrogen (secondary N) is 2. The maximum atomic E-state index is 13.4. The maximum Gasteiger partial charge on any atom is 0.267 e. The molecule has 1 aliphatic heterocycles. The Morgan fingerprint density at radius 2 is 2.09 bits per heavy atom. The highest BCUT2D eigenvalue weighted by molar-refractivity contribution is 7.98. The van der Waals surface area contributed by atoms with Gasteiger partial charge < -0.3 is 25.0 Å². The van der Waals surface area contributed by atoms with E-state index in [4.69, 9.17) is 32.7 Å². The highest BCUT2D eigenvalue weighted by Gasteiger charge is 2.31. The lowest BCUT2D eigenvalue weighted by atomic mass is 10.1. The van der Waals surface area contributed by atoms with Gasteiger partial charge in [0.1, 0.15) is 17.3 Å². The number of anilines is 1. The Hall–Kier alpha value is -2.62. The van der Waals surface area contributed by atoms with Gasteiger partial charge in [0.15, 0.2) is 12.7 Å². The molecule has 2 amide bonds. The van der Waals surface area contributed by atoms with E-state index in [0.29, 0.717) is 29.4 Å². The fourth-order valence-electron chi connectivity index (χ4n) is 3.31. The van der Waals surface area contributed by atoms with Crippen molar-refractivity contribution < 1.29 is 23.5 Å². The molecule has 188 valence electrons. The van der Waals surface area contributed by atoms with Crippen LogP contribution >= 0.6 is 35.0 Å². The molecule has 0 spiro atoms. The first-order valence-electron chi connectivity index (χ1n) is 10.8. The molecule has 1 aliphatic rings. The number of ether oxygens (including phenoxy) is 2. The number of halogens is 3. The Morgan fingerprint density at radius 3 is 2.83 bits per heavy atom. The Morgan fingerprint density at radius 1 is 1.29 bits per heavy atom. The van der Waals surface area contributed by atoms with Crippen LogP contribution in [0, 0.1) is 5.82 Å². The second-order valence-corrected chi connectivity index (χ2v) is 9.54. The third kappa shape index (κ3) is 7.95. The van der Waals surface area contributed by atoms with E-state index >= 15 is 0 Å². The fraction of sp³-hybridized carbons (Fsp3) is 0.333. The Balaban J connectivity index is 1.44. The summed E-state index contributed by atoms with van der Waals surface area (Å²) in [6.07, 6.45) is 1.63. The van der Waals surface area contributed by atoms with Crippen molar-refractivity contribution in [1.82, 2.24) is 10.6 Å². The molecule has 1 atom stereocenters. The van der Waals surface area contributed by atoms with Crippen LogP contribution in [0.3, 0.4) is 0 Å². The van der Waals surface area contributed by atoms with Crippen LogP contribution in [0.2, 0.25) is 10.0 Å². The van der Waals surface area contributed by atoms with Crippen LogP contribution in [-0.4, -0.2) is 56.2 Å². The smallest absolute Gasteiger partial charge is 0.267 e. The number of hydrogen-bond donors (Lipinski definition) is 2. The molecule has 0 aliphatic carbocycles. The first-order valence-corrected chi connectivity index (χ1v) is 12.9. The molecule has 2 aromatic carbocycles. The average Bonchev–Trinajstić information content (AvgIpc) is 2.83. The summed E-state index contributed by atoms with van der Waals surface area (Å²) in [6.45, 7) is 4.95. The molecular formula is C24H26Cl2FN3O4S. The van der Waals surface area contributed by atoms with Crippen LogP contribution < -0.4 is 25.0 Å². The van der Waals surface area contributed by atoms with E-state index in [2.05, 4.69) is 22.1 Å². The Kier molecular flexibility index (Phi) is 9.94. The quantitative estimate of drug-likeness (QED) is 0.442. The van der Waals surface area contributed by atoms with E-state index in [1.807, 2.05) is 12.3 Å². The summed E-state index contributed by atoms with van der Waals surface area (Å²) < 4.78 is 24.6. The van der Waals surface area contributed by atoms with E-state index in [1.54, 1.807) is 23.9 Å². The normalized spacial score (nSPS) is 14.5. The number of amides is 2. The summed E-state index contributed by atoms with van der Waals surface area (Å²) in [5.41, 5.74) is 1.30. The van der Waals surface area contributed by atoms with Gasteiger partial charge in [-0.3, -0.25) is 9.59 Å². The SMILES string of the molecule is C=C(CCNC(=O)COc1ccc(Cl)c(F)c1)NC(=O)C1CN(CCSC)c2cc(Cl)ccc2O1. The van der Waals surface area contributed by atoms with Crippen molar-refractivity contribution in [2.75, 3.05) is 43.1 Å². The summed E-state index contributed by atoms with van der Waals surface area (Å²) in [4.78, 5) is 26.9. The number of thioether (sulfide) groups is 1. The van der Waals surface area contributed by atoms with Crippen molar-refractivity contribution in [1.29, 1.82) is 0 Å². The lowest BCUT2D eigenvalue weighted by Crippen LogP contribution is -2.49. The number of rotatable bonds is 11. The molecule has 0 aromatic heterocycles. The van der Waals surface area contributed by atoms with Crippen molar-refractivity contribution in [2.45, 2.75) is 12.5 Å². The van der Waals surface area contributed by atoms with Crippen molar-refractivity contribution in [3.63, 3.8) is 0 Å². The van der Waals surface area contributed by atoms with E-state index in [1.165, 1.54) is 12.1 Å². The lowest BCUT2D eigenvalue weighted by Gasteiger charge is -2.35. The molecule has 0 saturated heterocycles. The van der Waals surface area contributed by atoms with Crippen LogP contribution in [0.4, 0.5) is 10.1 Å². The second kappa shape index (κ2) is 12.9. The van der Waals surface area contributed by atoms with Gasteiger partial charge in [-0.25, -0.2) is 4.39 Å². The largest absolute Gasteiger partial charge is 0.484 e. The summed E-state index contributed by atoms with van der Waals surface area (Å²) in [7, 11) is 0. The molecule has 0 bridgehead atoms. The van der Waals surface area contributed by atoms with E-state index in [0.717, 1.165) is 24.1 Å². The zero-order valence-corrected chi connectivity index (χ0v) is 21.4. The highest BCUT2D eigenvalue weighted by Crippen LogP contribution is 2.35. The topological polar surface area (TPSA) is 79.9 Å². The zero-order valence-electron chi connectivity index (χ0n) is 19.1. The number of fused-ring (bicyclic) bond motifs is 1. The van der Waals surface area contributed by atoms with Crippen LogP contribution in [0.25, 0.3) is 0 Å².